The number of halogens is 2. The Hall–Kier alpha value is -3.46. The molecule has 0 amide bonds. The van der Waals surface area contributed by atoms with Gasteiger partial charge in [0.25, 0.3) is 11.5 Å². The number of pyridine rings is 2. The number of carbonyl (C=O) groups is 2. The molecule has 0 radical (unpaired) electrons. The molecule has 2 aliphatic rings. The molecule has 1 atom stereocenters. The molecule has 7 nitrogen and oxygen atoms in total. The number of aromatic nitrogens is 2. The molecule has 0 bridgehead atoms. The van der Waals surface area contributed by atoms with Crippen LogP contribution in [0.3, 0.4) is 0 Å². The fourth-order valence-electron chi connectivity index (χ4n) is 5.13. The third-order valence-corrected chi connectivity index (χ3v) is 6.98. The Kier molecular flexibility index (Phi) is 5.36. The van der Waals surface area contributed by atoms with Crippen molar-refractivity contribution in [2.45, 2.75) is 64.2 Å². The second-order valence-corrected chi connectivity index (χ2v) is 9.19. The number of fused-ring (bicyclic) bond motifs is 5. The molecular weight excluding hydrogens is 458 g/mol. The van der Waals surface area contributed by atoms with Crippen molar-refractivity contribution in [1.29, 1.82) is 0 Å². The first-order valence-corrected chi connectivity index (χ1v) is 11.5. The van der Waals surface area contributed by atoms with Crippen LogP contribution in [0, 0.1) is 0 Å². The number of ether oxygens (including phenoxy) is 1. The number of ketones is 1. The van der Waals surface area contributed by atoms with E-state index in [0.717, 1.165) is 0 Å². The van der Waals surface area contributed by atoms with Crippen molar-refractivity contribution in [1.82, 2.24) is 9.55 Å². The number of cyclic esters (lactones) is 1. The summed E-state index contributed by atoms with van der Waals surface area (Å²) < 4.78 is 37.8. The summed E-state index contributed by atoms with van der Waals surface area (Å²) in [4.78, 5) is 41.7. The smallest absolute Gasteiger partial charge is 0.343 e. The number of hydrogen-bond donors (Lipinski definition) is 1. The maximum Gasteiger partial charge on any atom is 0.343 e. The van der Waals surface area contributed by atoms with E-state index in [1.54, 1.807) is 31.2 Å². The monoisotopic (exact) mass is 482 g/mol. The zero-order valence-electron chi connectivity index (χ0n) is 19.4. The summed E-state index contributed by atoms with van der Waals surface area (Å²) in [5, 5.41) is 11.3. The van der Waals surface area contributed by atoms with Crippen LogP contribution in [0.5, 0.6) is 0 Å². The van der Waals surface area contributed by atoms with E-state index in [4.69, 9.17) is 4.74 Å². The van der Waals surface area contributed by atoms with Gasteiger partial charge in [-0.05, 0) is 31.9 Å². The van der Waals surface area contributed by atoms with Gasteiger partial charge >= 0.3 is 5.97 Å². The number of Topliss-reactive ketones (excluding diaryl/α,β-unsaturated/α-hetero) is 1. The molecule has 0 aliphatic carbocycles. The number of rotatable bonds is 6. The number of aliphatic hydroxyl groups is 1. The van der Waals surface area contributed by atoms with Gasteiger partial charge in [-0.15, -0.1) is 0 Å². The highest BCUT2D eigenvalue weighted by Gasteiger charge is 2.46. The number of alkyl halides is 2. The maximum absolute atomic E-state index is 15.7. The zero-order chi connectivity index (χ0) is 25.1. The van der Waals surface area contributed by atoms with Crippen molar-refractivity contribution in [2.75, 3.05) is 0 Å². The lowest BCUT2D eigenvalue weighted by Crippen LogP contribution is -2.44. The minimum Gasteiger partial charge on any atom is -0.458 e. The van der Waals surface area contributed by atoms with Crippen molar-refractivity contribution in [3.05, 3.63) is 62.9 Å². The largest absolute Gasteiger partial charge is 0.458 e. The molecule has 0 unspecified atom stereocenters. The minimum absolute atomic E-state index is 0.0147. The zero-order valence-corrected chi connectivity index (χ0v) is 19.4. The van der Waals surface area contributed by atoms with Gasteiger partial charge in [-0.1, -0.05) is 25.1 Å². The summed E-state index contributed by atoms with van der Waals surface area (Å²) in [6, 6.07) is 8.06. The standard InChI is InChI=1S/C26H24F2N2O5/c1-3-25(34)18-11-20-22-16(12-30(20)23(32)17(18)13-35-24(25)33)21(15-8-4-5-9-19(15)29-22)26(27,28)10-6-7-14(2)31/h4-5,8-9,11,34H,3,6-7,10,12-13H2,1-2H3/t25-/m0/s1. The highest BCUT2D eigenvalue weighted by Crippen LogP contribution is 2.46. The van der Waals surface area contributed by atoms with Crippen LogP contribution in [0.15, 0.2) is 35.1 Å². The summed E-state index contributed by atoms with van der Waals surface area (Å²) >= 11 is 0. The number of para-hydroxylation sites is 1. The molecule has 5 rings (SSSR count). The van der Waals surface area contributed by atoms with Crippen LogP contribution in [0.2, 0.25) is 0 Å². The first-order chi connectivity index (χ1) is 16.6. The lowest BCUT2D eigenvalue weighted by Gasteiger charge is -2.31. The predicted molar refractivity (Wildman–Crippen MR) is 123 cm³/mol. The van der Waals surface area contributed by atoms with Crippen LogP contribution < -0.4 is 5.56 Å². The highest BCUT2D eigenvalue weighted by molar-refractivity contribution is 5.89. The summed E-state index contributed by atoms with van der Waals surface area (Å²) in [6.07, 6.45) is -0.458. The molecule has 0 saturated carbocycles. The Morgan fingerprint density at radius 2 is 2.00 bits per heavy atom. The van der Waals surface area contributed by atoms with Crippen molar-refractivity contribution >= 4 is 22.7 Å². The number of benzene rings is 1. The Morgan fingerprint density at radius 3 is 2.71 bits per heavy atom. The number of carbonyl (C=O) groups excluding carboxylic acids is 2. The third-order valence-electron chi connectivity index (χ3n) is 6.98. The molecule has 2 aromatic heterocycles. The van der Waals surface area contributed by atoms with Crippen molar-refractivity contribution < 1.29 is 28.2 Å². The van der Waals surface area contributed by atoms with Gasteiger partial charge in [-0.2, -0.15) is 0 Å². The molecule has 4 heterocycles. The molecule has 2 aliphatic heterocycles. The van der Waals surface area contributed by atoms with Gasteiger partial charge in [0, 0.05) is 34.9 Å². The normalized spacial score (nSPS) is 18.7. The van der Waals surface area contributed by atoms with Crippen LogP contribution in [0.25, 0.3) is 22.3 Å². The van der Waals surface area contributed by atoms with E-state index in [2.05, 4.69) is 4.98 Å². The Morgan fingerprint density at radius 1 is 1.26 bits per heavy atom. The summed E-state index contributed by atoms with van der Waals surface area (Å²) in [5.41, 5.74) is -1.39. The summed E-state index contributed by atoms with van der Waals surface area (Å²) in [5.74, 6) is -4.27. The van der Waals surface area contributed by atoms with E-state index in [1.807, 2.05) is 0 Å². The summed E-state index contributed by atoms with van der Waals surface area (Å²) in [6.45, 7) is 2.55. The Balaban J connectivity index is 1.75. The molecule has 1 N–H and O–H groups in total. The number of nitrogens with zero attached hydrogens (tertiary/aromatic N) is 2. The van der Waals surface area contributed by atoms with E-state index in [1.165, 1.54) is 17.6 Å². The topological polar surface area (TPSA) is 98.5 Å². The fraction of sp³-hybridized carbons (Fsp3) is 0.385. The Labute approximate surface area is 199 Å². The van der Waals surface area contributed by atoms with Gasteiger partial charge in [-0.25, -0.2) is 18.6 Å². The lowest BCUT2D eigenvalue weighted by atomic mass is 9.86. The molecular formula is C26H24F2N2O5. The van der Waals surface area contributed by atoms with E-state index in [9.17, 15) is 19.5 Å². The fourth-order valence-corrected chi connectivity index (χ4v) is 5.13. The lowest BCUT2D eigenvalue weighted by molar-refractivity contribution is -0.172. The maximum atomic E-state index is 15.7. The highest BCUT2D eigenvalue weighted by atomic mass is 19.3. The first-order valence-electron chi connectivity index (χ1n) is 11.5. The van der Waals surface area contributed by atoms with E-state index < -0.39 is 29.5 Å². The van der Waals surface area contributed by atoms with E-state index >= 15 is 8.78 Å². The minimum atomic E-state index is -3.27. The average Bonchev–Trinajstić information content (AvgIpc) is 3.18. The second-order valence-electron chi connectivity index (χ2n) is 9.19. The average molecular weight is 482 g/mol. The SMILES string of the molecule is CC[C@@]1(O)C(=O)OCc2c1cc1n(c2=O)Cc2c-1nc1ccccc1c2C(F)(F)CCCC(C)=O. The van der Waals surface area contributed by atoms with Crippen LogP contribution >= 0.6 is 0 Å². The molecule has 0 spiro atoms. The van der Waals surface area contributed by atoms with Gasteiger partial charge in [-0.3, -0.25) is 4.79 Å². The van der Waals surface area contributed by atoms with Gasteiger partial charge < -0.3 is 19.2 Å². The molecule has 35 heavy (non-hydrogen) atoms. The van der Waals surface area contributed by atoms with E-state index in [-0.39, 0.29) is 77.2 Å². The number of hydrogen-bond acceptors (Lipinski definition) is 6. The molecule has 0 saturated heterocycles. The molecule has 182 valence electrons. The second kappa shape index (κ2) is 8.05. The Bertz CT molecular complexity index is 1460. The van der Waals surface area contributed by atoms with Gasteiger partial charge in [0.05, 0.1) is 29.0 Å². The molecule has 3 aromatic rings. The summed E-state index contributed by atoms with van der Waals surface area (Å²) in [7, 11) is 0. The van der Waals surface area contributed by atoms with Crippen LogP contribution in [-0.2, 0) is 39.0 Å². The first kappa shape index (κ1) is 23.3. The van der Waals surface area contributed by atoms with Gasteiger partial charge in [0.2, 0.25) is 0 Å². The van der Waals surface area contributed by atoms with Crippen molar-refractivity contribution in [3.8, 4) is 11.4 Å². The quantitative estimate of drug-likeness (QED) is 0.418. The van der Waals surface area contributed by atoms with Crippen LogP contribution in [-0.4, -0.2) is 26.4 Å². The molecule has 0 fully saturated rings. The molecule has 1 aromatic carbocycles. The number of esters is 1. The third kappa shape index (κ3) is 3.48. The van der Waals surface area contributed by atoms with Gasteiger partial charge in [0.1, 0.15) is 12.4 Å². The van der Waals surface area contributed by atoms with Crippen LogP contribution in [0.4, 0.5) is 8.78 Å². The van der Waals surface area contributed by atoms with Crippen LogP contribution in [0.1, 0.15) is 61.8 Å². The van der Waals surface area contributed by atoms with Crippen molar-refractivity contribution in [3.63, 3.8) is 0 Å². The van der Waals surface area contributed by atoms with Crippen molar-refractivity contribution in [2.24, 2.45) is 0 Å². The van der Waals surface area contributed by atoms with E-state index in [0.29, 0.717) is 5.52 Å². The molecule has 9 heteroatoms. The predicted octanol–water partition coefficient (Wildman–Crippen LogP) is 3.93. The van der Waals surface area contributed by atoms with Gasteiger partial charge in [0.15, 0.2) is 5.60 Å².